The van der Waals surface area contributed by atoms with Crippen molar-refractivity contribution in [1.29, 1.82) is 0 Å². The third-order valence-corrected chi connectivity index (χ3v) is 4.23. The van der Waals surface area contributed by atoms with Gasteiger partial charge in [0.15, 0.2) is 5.60 Å². The van der Waals surface area contributed by atoms with Gasteiger partial charge >= 0.3 is 18.2 Å². The van der Waals surface area contributed by atoms with Crippen LogP contribution in [0.25, 0.3) is 0 Å². The van der Waals surface area contributed by atoms with E-state index in [9.17, 15) is 22.8 Å². The zero-order valence-corrected chi connectivity index (χ0v) is 15.5. The average molecular weight is 413 g/mol. The maximum atomic E-state index is 12.7. The monoisotopic (exact) mass is 412 g/mol. The molecule has 0 spiro atoms. The lowest BCUT2D eigenvalue weighted by Crippen LogP contribution is -2.49. The van der Waals surface area contributed by atoms with E-state index in [1.807, 2.05) is 0 Å². The molecule has 1 atom stereocenters. The summed E-state index contributed by atoms with van der Waals surface area (Å²) in [4.78, 5) is 23.8. The molecule has 0 aliphatic carbocycles. The second-order valence-electron chi connectivity index (χ2n) is 5.41. The third-order valence-electron chi connectivity index (χ3n) is 3.49. The Morgan fingerprint density at radius 2 is 1.92 bits per heavy atom. The van der Waals surface area contributed by atoms with E-state index >= 15 is 0 Å². The quantitative estimate of drug-likeness (QED) is 0.714. The number of nitrogens with one attached hydrogen (secondary N) is 1. The van der Waals surface area contributed by atoms with Gasteiger partial charge in [0.2, 0.25) is 0 Å². The van der Waals surface area contributed by atoms with Gasteiger partial charge in [0.1, 0.15) is 0 Å². The third kappa shape index (κ3) is 5.28. The molecule has 10 heteroatoms. The summed E-state index contributed by atoms with van der Waals surface area (Å²) in [6, 6.07) is 4.23. The van der Waals surface area contributed by atoms with Crippen LogP contribution in [0.4, 0.5) is 18.0 Å². The highest BCUT2D eigenvalue weighted by atomic mass is 35.5. The maximum absolute atomic E-state index is 12.7. The van der Waals surface area contributed by atoms with Gasteiger partial charge in [-0.2, -0.15) is 13.2 Å². The minimum atomic E-state index is -5.07. The van der Waals surface area contributed by atoms with E-state index in [1.165, 1.54) is 31.3 Å². The molecule has 0 aliphatic heterocycles. The molecule has 1 rings (SSSR count). The highest BCUT2D eigenvalue weighted by Crippen LogP contribution is 2.36. The van der Waals surface area contributed by atoms with Crippen LogP contribution in [-0.4, -0.2) is 43.7 Å². The summed E-state index contributed by atoms with van der Waals surface area (Å²) in [6.07, 6.45) is -4.68. The molecule has 26 heavy (non-hydrogen) atoms. The summed E-state index contributed by atoms with van der Waals surface area (Å²) in [5.41, 5.74) is -1.39. The van der Waals surface area contributed by atoms with E-state index in [-0.39, 0.29) is 22.0 Å². The Morgan fingerprint density at radius 1 is 1.31 bits per heavy atom. The van der Waals surface area contributed by atoms with Gasteiger partial charge in [-0.05, 0) is 17.7 Å². The number of nitrogens with zero attached hydrogens (tertiary/aromatic N) is 1. The van der Waals surface area contributed by atoms with Gasteiger partial charge in [-0.25, -0.2) is 4.79 Å². The van der Waals surface area contributed by atoms with Crippen LogP contribution in [0.15, 0.2) is 30.9 Å². The molecule has 0 bridgehead atoms. The second-order valence-corrected chi connectivity index (χ2v) is 6.23. The first-order valence-electron chi connectivity index (χ1n) is 7.26. The van der Waals surface area contributed by atoms with Crippen molar-refractivity contribution >= 4 is 35.2 Å². The van der Waals surface area contributed by atoms with E-state index in [1.54, 1.807) is 0 Å². The van der Waals surface area contributed by atoms with E-state index in [4.69, 9.17) is 27.9 Å². The van der Waals surface area contributed by atoms with Crippen molar-refractivity contribution in [2.45, 2.75) is 18.2 Å². The first-order chi connectivity index (χ1) is 12.0. The standard InChI is InChI=1S/C16H17Cl2F3N2O3/c1-4-7-15(26-14(25)22-2,9-23(3)13(24)16(19,20)21)10-5-6-11(17)12(18)8-10/h4-6,8H,1,7,9H2,2-3H3,(H,22,25)/t15-/m1/s1. The molecule has 0 heterocycles. The van der Waals surface area contributed by atoms with Crippen molar-refractivity contribution in [2.24, 2.45) is 0 Å². The van der Waals surface area contributed by atoms with Gasteiger partial charge in [-0.3, -0.25) is 4.79 Å². The smallest absolute Gasteiger partial charge is 0.436 e. The SMILES string of the molecule is C=CC[C@](CN(C)C(=O)C(F)(F)F)(OC(=O)NC)c1ccc(Cl)c(Cl)c1. The lowest BCUT2D eigenvalue weighted by molar-refractivity contribution is -0.186. The lowest BCUT2D eigenvalue weighted by atomic mass is 9.89. The minimum absolute atomic E-state index is 0.0755. The molecule has 1 N–H and O–H groups in total. The van der Waals surface area contributed by atoms with Crippen LogP contribution in [0.2, 0.25) is 10.0 Å². The van der Waals surface area contributed by atoms with Gasteiger partial charge < -0.3 is 15.0 Å². The van der Waals surface area contributed by atoms with Gasteiger partial charge in [0.05, 0.1) is 16.6 Å². The van der Waals surface area contributed by atoms with Crippen molar-refractivity contribution in [2.75, 3.05) is 20.6 Å². The topological polar surface area (TPSA) is 58.6 Å². The van der Waals surface area contributed by atoms with Crippen LogP contribution in [0, 0.1) is 0 Å². The molecule has 0 unspecified atom stereocenters. The fourth-order valence-corrected chi connectivity index (χ4v) is 2.62. The van der Waals surface area contributed by atoms with Gasteiger partial charge in [-0.15, -0.1) is 6.58 Å². The van der Waals surface area contributed by atoms with Crippen LogP contribution in [0.1, 0.15) is 12.0 Å². The average Bonchev–Trinajstić information content (AvgIpc) is 2.55. The summed E-state index contributed by atoms with van der Waals surface area (Å²) in [5, 5.41) is 2.55. The molecule has 5 nitrogen and oxygen atoms in total. The fraction of sp³-hybridized carbons (Fsp3) is 0.375. The molecule has 0 saturated carbocycles. The Balaban J connectivity index is 3.42. The molecule has 144 valence electrons. The van der Waals surface area contributed by atoms with Gasteiger partial charge in [-0.1, -0.05) is 35.3 Å². The zero-order valence-electron chi connectivity index (χ0n) is 14.0. The fourth-order valence-electron chi connectivity index (χ4n) is 2.32. The highest BCUT2D eigenvalue weighted by Gasteiger charge is 2.45. The number of rotatable bonds is 6. The largest absolute Gasteiger partial charge is 0.471 e. The number of ether oxygens (including phenoxy) is 1. The molecule has 2 amide bonds. The van der Waals surface area contributed by atoms with E-state index < -0.39 is 30.3 Å². The number of alkyl halides is 3. The maximum Gasteiger partial charge on any atom is 0.471 e. The van der Waals surface area contributed by atoms with Crippen LogP contribution < -0.4 is 5.32 Å². The van der Waals surface area contributed by atoms with E-state index in [2.05, 4.69) is 11.9 Å². The Kier molecular flexibility index (Phi) is 7.35. The second kappa shape index (κ2) is 8.64. The predicted molar refractivity (Wildman–Crippen MR) is 92.2 cm³/mol. The van der Waals surface area contributed by atoms with Crippen LogP contribution in [0.5, 0.6) is 0 Å². The molecule has 0 aromatic heterocycles. The van der Waals surface area contributed by atoms with Crippen LogP contribution in [-0.2, 0) is 15.1 Å². The van der Waals surface area contributed by atoms with Gasteiger partial charge in [0, 0.05) is 20.5 Å². The zero-order chi connectivity index (χ0) is 20.1. The van der Waals surface area contributed by atoms with E-state index in [0.717, 1.165) is 7.05 Å². The summed E-state index contributed by atoms with van der Waals surface area (Å²) >= 11 is 11.9. The van der Waals surface area contributed by atoms with Crippen LogP contribution >= 0.6 is 23.2 Å². The number of hydrogen-bond acceptors (Lipinski definition) is 3. The van der Waals surface area contributed by atoms with Crippen molar-refractivity contribution < 1.29 is 27.5 Å². The number of benzene rings is 1. The number of hydrogen-bond donors (Lipinski definition) is 1. The summed E-state index contributed by atoms with van der Waals surface area (Å²) < 4.78 is 43.6. The molecule has 1 aromatic carbocycles. The first-order valence-corrected chi connectivity index (χ1v) is 8.02. The highest BCUT2D eigenvalue weighted by molar-refractivity contribution is 6.42. The molecule has 0 radical (unpaired) electrons. The minimum Gasteiger partial charge on any atom is -0.436 e. The Morgan fingerprint density at radius 3 is 2.38 bits per heavy atom. The number of alkyl carbamates (subject to hydrolysis) is 1. The number of carbonyl (C=O) groups is 2. The number of amides is 2. The van der Waals surface area contributed by atoms with Crippen LogP contribution in [0.3, 0.4) is 0 Å². The number of likely N-dealkylation sites (N-methyl/N-ethyl adjacent to an activating group) is 1. The summed E-state index contributed by atoms with van der Waals surface area (Å²) in [6.45, 7) is 2.97. The van der Waals surface area contributed by atoms with Crippen molar-refractivity contribution in [3.8, 4) is 0 Å². The summed E-state index contributed by atoms with van der Waals surface area (Å²) in [7, 11) is 2.25. The Hall–Kier alpha value is -1.93. The molecule has 0 aliphatic rings. The number of halogens is 5. The molecule has 1 aromatic rings. The van der Waals surface area contributed by atoms with Gasteiger partial charge in [0.25, 0.3) is 0 Å². The van der Waals surface area contributed by atoms with Crippen molar-refractivity contribution in [3.05, 3.63) is 46.5 Å². The Labute approximate surface area is 158 Å². The normalized spacial score (nSPS) is 13.5. The lowest BCUT2D eigenvalue weighted by Gasteiger charge is -2.36. The molecular formula is C16H17Cl2F3N2O3. The number of carbonyl (C=O) groups excluding carboxylic acids is 2. The van der Waals surface area contributed by atoms with Crippen molar-refractivity contribution in [3.63, 3.8) is 0 Å². The van der Waals surface area contributed by atoms with Crippen molar-refractivity contribution in [1.82, 2.24) is 10.2 Å². The first kappa shape index (κ1) is 22.1. The summed E-state index contributed by atoms with van der Waals surface area (Å²) in [5.74, 6) is -2.08. The molecule has 0 saturated heterocycles. The Bertz CT molecular complexity index is 698. The predicted octanol–water partition coefficient (Wildman–Crippen LogP) is 4.14. The van der Waals surface area contributed by atoms with E-state index in [0.29, 0.717) is 4.90 Å². The molecular weight excluding hydrogens is 396 g/mol. The molecule has 0 fully saturated rings.